The predicted octanol–water partition coefficient (Wildman–Crippen LogP) is 1.80. The maximum atomic E-state index is 11.5. The molecule has 1 aliphatic rings. The third kappa shape index (κ3) is 2.56. The fourth-order valence-electron chi connectivity index (χ4n) is 2.16. The van der Waals surface area contributed by atoms with Gasteiger partial charge in [-0.25, -0.2) is 0 Å². The second-order valence-electron chi connectivity index (χ2n) is 4.05. The van der Waals surface area contributed by atoms with Gasteiger partial charge in [0.1, 0.15) is 6.29 Å². The van der Waals surface area contributed by atoms with Crippen molar-refractivity contribution in [2.75, 3.05) is 6.61 Å². The van der Waals surface area contributed by atoms with Crippen LogP contribution < -0.4 is 0 Å². The fourth-order valence-corrected chi connectivity index (χ4v) is 2.16. The van der Waals surface area contributed by atoms with Crippen LogP contribution in [0.5, 0.6) is 0 Å². The molecule has 0 aromatic heterocycles. The number of carbonyl (C=O) groups is 2. The lowest BCUT2D eigenvalue weighted by Gasteiger charge is -2.29. The van der Waals surface area contributed by atoms with Crippen molar-refractivity contribution in [2.45, 2.75) is 33.1 Å². The number of rotatable bonds is 3. The molecule has 1 saturated carbocycles. The van der Waals surface area contributed by atoms with Crippen molar-refractivity contribution in [2.24, 2.45) is 17.8 Å². The summed E-state index contributed by atoms with van der Waals surface area (Å²) in [6, 6.07) is 0. The Morgan fingerprint density at radius 1 is 1.50 bits per heavy atom. The summed E-state index contributed by atoms with van der Waals surface area (Å²) in [5.41, 5.74) is 0. The Hall–Kier alpha value is -0.860. The Bertz CT molecular complexity index is 213. The zero-order valence-corrected chi connectivity index (χ0v) is 8.86. The van der Waals surface area contributed by atoms with Crippen LogP contribution in [0.15, 0.2) is 0 Å². The average Bonchev–Trinajstić information content (AvgIpc) is 2.17. The molecule has 0 radical (unpaired) electrons. The van der Waals surface area contributed by atoms with E-state index in [1.807, 2.05) is 13.8 Å². The molecule has 1 fully saturated rings. The normalized spacial score (nSPS) is 32.3. The third-order valence-corrected chi connectivity index (χ3v) is 2.99. The van der Waals surface area contributed by atoms with Crippen molar-refractivity contribution in [1.29, 1.82) is 0 Å². The number of ether oxygens (including phenoxy) is 1. The van der Waals surface area contributed by atoms with Gasteiger partial charge in [0.15, 0.2) is 0 Å². The van der Waals surface area contributed by atoms with Gasteiger partial charge in [0, 0.05) is 5.92 Å². The van der Waals surface area contributed by atoms with E-state index < -0.39 is 0 Å². The van der Waals surface area contributed by atoms with Gasteiger partial charge in [-0.2, -0.15) is 0 Å². The van der Waals surface area contributed by atoms with E-state index in [1.54, 1.807) is 0 Å². The van der Waals surface area contributed by atoms with E-state index in [-0.39, 0.29) is 23.7 Å². The predicted molar refractivity (Wildman–Crippen MR) is 52.7 cm³/mol. The number of aldehydes is 1. The summed E-state index contributed by atoms with van der Waals surface area (Å²) in [6.07, 6.45) is 3.46. The van der Waals surface area contributed by atoms with Crippen molar-refractivity contribution >= 4 is 12.3 Å². The van der Waals surface area contributed by atoms with Gasteiger partial charge in [0.05, 0.1) is 12.5 Å². The molecule has 0 heterocycles. The zero-order chi connectivity index (χ0) is 10.6. The Labute approximate surface area is 84.8 Å². The molecule has 0 N–H and O–H groups in total. The Balaban J connectivity index is 2.48. The van der Waals surface area contributed by atoms with Crippen LogP contribution in [0, 0.1) is 17.8 Å². The third-order valence-electron chi connectivity index (χ3n) is 2.99. The molecule has 3 nitrogen and oxygen atoms in total. The summed E-state index contributed by atoms with van der Waals surface area (Å²) in [6.45, 7) is 4.29. The molecule has 0 aromatic carbocycles. The van der Waals surface area contributed by atoms with E-state index in [1.165, 1.54) is 0 Å². The molecular formula is C11H18O3. The van der Waals surface area contributed by atoms with E-state index in [4.69, 9.17) is 4.74 Å². The fraction of sp³-hybridized carbons (Fsp3) is 0.818. The molecule has 1 rings (SSSR count). The van der Waals surface area contributed by atoms with Crippen LogP contribution in [-0.2, 0) is 14.3 Å². The van der Waals surface area contributed by atoms with E-state index in [0.717, 1.165) is 25.5 Å². The summed E-state index contributed by atoms with van der Waals surface area (Å²) >= 11 is 0. The van der Waals surface area contributed by atoms with Crippen molar-refractivity contribution in [1.82, 2.24) is 0 Å². The Kier molecular flexibility index (Phi) is 4.11. The van der Waals surface area contributed by atoms with E-state index >= 15 is 0 Å². The lowest BCUT2D eigenvalue weighted by molar-refractivity contribution is -0.151. The highest BCUT2D eigenvalue weighted by Gasteiger charge is 2.32. The van der Waals surface area contributed by atoms with Gasteiger partial charge in [0.25, 0.3) is 0 Å². The quantitative estimate of drug-likeness (QED) is 0.513. The molecule has 14 heavy (non-hydrogen) atoms. The van der Waals surface area contributed by atoms with Crippen molar-refractivity contribution in [3.8, 4) is 0 Å². The first-order valence-corrected chi connectivity index (χ1v) is 5.31. The van der Waals surface area contributed by atoms with Crippen LogP contribution >= 0.6 is 0 Å². The van der Waals surface area contributed by atoms with Gasteiger partial charge in [-0.1, -0.05) is 6.92 Å². The van der Waals surface area contributed by atoms with Gasteiger partial charge >= 0.3 is 5.97 Å². The number of esters is 1. The van der Waals surface area contributed by atoms with Gasteiger partial charge in [-0.05, 0) is 32.1 Å². The highest BCUT2D eigenvalue weighted by Crippen LogP contribution is 2.33. The van der Waals surface area contributed by atoms with E-state index in [9.17, 15) is 9.59 Å². The Morgan fingerprint density at radius 2 is 2.21 bits per heavy atom. The molecule has 1 aliphatic carbocycles. The van der Waals surface area contributed by atoms with E-state index in [2.05, 4.69) is 0 Å². The zero-order valence-electron chi connectivity index (χ0n) is 8.86. The Morgan fingerprint density at radius 3 is 2.71 bits per heavy atom. The van der Waals surface area contributed by atoms with Crippen LogP contribution in [0.3, 0.4) is 0 Å². The van der Waals surface area contributed by atoms with Crippen molar-refractivity contribution in [3.63, 3.8) is 0 Å². The number of hydrogen-bond donors (Lipinski definition) is 0. The van der Waals surface area contributed by atoms with Gasteiger partial charge in [0.2, 0.25) is 0 Å². The highest BCUT2D eigenvalue weighted by atomic mass is 16.5. The van der Waals surface area contributed by atoms with Crippen LogP contribution in [0.25, 0.3) is 0 Å². The second kappa shape index (κ2) is 5.13. The molecule has 3 heteroatoms. The smallest absolute Gasteiger partial charge is 0.309 e. The summed E-state index contributed by atoms with van der Waals surface area (Å²) in [7, 11) is 0. The van der Waals surface area contributed by atoms with Gasteiger partial charge in [-0.3, -0.25) is 4.79 Å². The first-order chi connectivity index (χ1) is 6.69. The minimum atomic E-state index is -0.0932. The SMILES string of the molecule is CCOC(=O)[C@@H]1CCC(C=O)C[C@@H]1C. The molecule has 0 amide bonds. The molecule has 0 spiro atoms. The summed E-state index contributed by atoms with van der Waals surface area (Å²) in [4.78, 5) is 22.1. The molecular weight excluding hydrogens is 180 g/mol. The summed E-state index contributed by atoms with van der Waals surface area (Å²) in [5.74, 6) is 0.337. The monoisotopic (exact) mass is 198 g/mol. The molecule has 3 atom stereocenters. The van der Waals surface area contributed by atoms with Crippen LogP contribution in [-0.4, -0.2) is 18.9 Å². The first-order valence-electron chi connectivity index (χ1n) is 5.31. The molecule has 80 valence electrons. The van der Waals surface area contributed by atoms with Gasteiger partial charge < -0.3 is 9.53 Å². The average molecular weight is 198 g/mol. The van der Waals surface area contributed by atoms with Crippen molar-refractivity contribution in [3.05, 3.63) is 0 Å². The minimum absolute atomic E-state index is 0.00569. The minimum Gasteiger partial charge on any atom is -0.466 e. The number of hydrogen-bond acceptors (Lipinski definition) is 3. The maximum Gasteiger partial charge on any atom is 0.309 e. The first kappa shape index (κ1) is 11.2. The molecule has 1 unspecified atom stereocenters. The second-order valence-corrected chi connectivity index (χ2v) is 4.05. The van der Waals surface area contributed by atoms with Crippen LogP contribution in [0.4, 0.5) is 0 Å². The summed E-state index contributed by atoms with van der Waals surface area (Å²) in [5, 5.41) is 0. The molecule has 0 aliphatic heterocycles. The number of carbonyl (C=O) groups excluding carboxylic acids is 2. The standard InChI is InChI=1S/C11H18O3/c1-3-14-11(13)10-5-4-9(7-12)6-8(10)2/h7-10H,3-6H2,1-2H3/t8-,9?,10+/m0/s1. The van der Waals surface area contributed by atoms with E-state index in [0.29, 0.717) is 6.61 Å². The molecule has 0 bridgehead atoms. The van der Waals surface area contributed by atoms with Crippen LogP contribution in [0.2, 0.25) is 0 Å². The largest absolute Gasteiger partial charge is 0.466 e. The topological polar surface area (TPSA) is 43.4 Å². The highest BCUT2D eigenvalue weighted by molar-refractivity contribution is 5.73. The summed E-state index contributed by atoms with van der Waals surface area (Å²) < 4.78 is 4.99. The van der Waals surface area contributed by atoms with Crippen molar-refractivity contribution < 1.29 is 14.3 Å². The van der Waals surface area contributed by atoms with Gasteiger partial charge in [-0.15, -0.1) is 0 Å². The lowest BCUT2D eigenvalue weighted by atomic mass is 9.75. The molecule has 0 saturated heterocycles. The van der Waals surface area contributed by atoms with Crippen LogP contribution in [0.1, 0.15) is 33.1 Å². The maximum absolute atomic E-state index is 11.5. The molecule has 0 aromatic rings. The lowest BCUT2D eigenvalue weighted by Crippen LogP contribution is -2.30.